The smallest absolute Gasteiger partial charge is 0.228 e. The summed E-state index contributed by atoms with van der Waals surface area (Å²) in [5.74, 6) is -0.469. The molecule has 1 saturated heterocycles. The number of halogens is 1. The number of amides is 1. The summed E-state index contributed by atoms with van der Waals surface area (Å²) in [6.07, 6.45) is 0.155. The molecule has 1 amide bonds. The van der Waals surface area contributed by atoms with Gasteiger partial charge in [0.25, 0.3) is 0 Å². The van der Waals surface area contributed by atoms with Gasteiger partial charge >= 0.3 is 0 Å². The van der Waals surface area contributed by atoms with Crippen LogP contribution in [0.4, 0.5) is 15.8 Å². The number of morpholine rings is 1. The Morgan fingerprint density at radius 1 is 1.16 bits per heavy atom. The van der Waals surface area contributed by atoms with E-state index in [2.05, 4.69) is 22.3 Å². The van der Waals surface area contributed by atoms with Crippen LogP contribution in [0, 0.1) is 19.7 Å². The van der Waals surface area contributed by atoms with E-state index in [0.29, 0.717) is 5.56 Å². The van der Waals surface area contributed by atoms with Crippen molar-refractivity contribution >= 4 is 17.3 Å². The molecule has 0 unspecified atom stereocenters. The summed E-state index contributed by atoms with van der Waals surface area (Å²) in [5, 5.41) is 2.97. The fourth-order valence-electron chi connectivity index (χ4n) is 3.16. The number of nitrogens with one attached hydrogen (secondary N) is 1. The first-order valence-corrected chi connectivity index (χ1v) is 8.51. The largest absolute Gasteiger partial charge is 0.378 e. The molecule has 132 valence electrons. The molecule has 1 heterocycles. The van der Waals surface area contributed by atoms with Gasteiger partial charge in [-0.25, -0.2) is 4.39 Å². The monoisotopic (exact) mass is 342 g/mol. The molecule has 0 saturated carbocycles. The van der Waals surface area contributed by atoms with E-state index in [4.69, 9.17) is 4.74 Å². The van der Waals surface area contributed by atoms with E-state index in [1.807, 2.05) is 13.8 Å². The van der Waals surface area contributed by atoms with Crippen LogP contribution in [0.25, 0.3) is 0 Å². The molecule has 1 aliphatic rings. The van der Waals surface area contributed by atoms with Crippen molar-refractivity contribution in [3.63, 3.8) is 0 Å². The predicted molar refractivity (Wildman–Crippen MR) is 97.7 cm³/mol. The molecule has 25 heavy (non-hydrogen) atoms. The van der Waals surface area contributed by atoms with Crippen molar-refractivity contribution in [1.82, 2.24) is 0 Å². The molecule has 3 rings (SSSR count). The third kappa shape index (κ3) is 4.37. The van der Waals surface area contributed by atoms with Gasteiger partial charge in [0.2, 0.25) is 5.91 Å². The van der Waals surface area contributed by atoms with E-state index < -0.39 is 0 Å². The van der Waals surface area contributed by atoms with E-state index in [0.717, 1.165) is 48.8 Å². The zero-order valence-corrected chi connectivity index (χ0v) is 14.6. The van der Waals surface area contributed by atoms with Crippen molar-refractivity contribution in [2.45, 2.75) is 20.3 Å². The highest BCUT2D eigenvalue weighted by molar-refractivity contribution is 5.94. The Hall–Kier alpha value is -2.40. The second-order valence-corrected chi connectivity index (χ2v) is 6.41. The van der Waals surface area contributed by atoms with Crippen molar-refractivity contribution in [3.8, 4) is 0 Å². The number of benzene rings is 2. The summed E-state index contributed by atoms with van der Waals surface area (Å²) in [5.41, 5.74) is 4.70. The van der Waals surface area contributed by atoms with Crippen LogP contribution in [0.5, 0.6) is 0 Å². The van der Waals surface area contributed by atoms with Crippen molar-refractivity contribution in [2.24, 2.45) is 0 Å². The van der Waals surface area contributed by atoms with E-state index in [1.54, 1.807) is 12.1 Å². The van der Waals surface area contributed by atoms with Gasteiger partial charge < -0.3 is 15.0 Å². The van der Waals surface area contributed by atoms with Crippen LogP contribution in [0.3, 0.4) is 0 Å². The molecule has 0 aromatic heterocycles. The van der Waals surface area contributed by atoms with Gasteiger partial charge in [-0.15, -0.1) is 0 Å². The quantitative estimate of drug-likeness (QED) is 0.925. The molecular weight excluding hydrogens is 319 g/mol. The van der Waals surface area contributed by atoms with E-state index in [9.17, 15) is 9.18 Å². The highest BCUT2D eigenvalue weighted by atomic mass is 19.1. The van der Waals surface area contributed by atoms with Crippen molar-refractivity contribution in [2.75, 3.05) is 36.5 Å². The third-order valence-electron chi connectivity index (χ3n) is 4.41. The maximum atomic E-state index is 13.2. The average Bonchev–Trinajstić information content (AvgIpc) is 2.59. The lowest BCUT2D eigenvalue weighted by atomic mass is 10.1. The second kappa shape index (κ2) is 7.66. The zero-order chi connectivity index (χ0) is 17.8. The highest BCUT2D eigenvalue weighted by Gasteiger charge is 2.15. The topological polar surface area (TPSA) is 41.6 Å². The second-order valence-electron chi connectivity index (χ2n) is 6.41. The van der Waals surface area contributed by atoms with Gasteiger partial charge in [0.1, 0.15) is 5.82 Å². The summed E-state index contributed by atoms with van der Waals surface area (Å²) in [4.78, 5) is 14.6. The molecule has 2 aromatic carbocycles. The van der Waals surface area contributed by atoms with Gasteiger partial charge in [0.15, 0.2) is 0 Å². The number of carbonyl (C=O) groups is 1. The van der Waals surface area contributed by atoms with Crippen LogP contribution in [-0.2, 0) is 16.0 Å². The molecule has 0 aliphatic carbocycles. The van der Waals surface area contributed by atoms with Gasteiger partial charge in [-0.3, -0.25) is 4.79 Å². The Bertz CT molecular complexity index is 747. The lowest BCUT2D eigenvalue weighted by molar-refractivity contribution is -0.115. The fraction of sp³-hybridized carbons (Fsp3) is 0.350. The number of anilines is 2. The van der Waals surface area contributed by atoms with Crippen LogP contribution < -0.4 is 10.2 Å². The number of rotatable bonds is 4. The molecule has 0 bridgehead atoms. The van der Waals surface area contributed by atoms with Crippen molar-refractivity contribution in [1.29, 1.82) is 0 Å². The van der Waals surface area contributed by atoms with E-state index in [-0.39, 0.29) is 18.1 Å². The molecule has 2 aromatic rings. The molecule has 0 atom stereocenters. The first kappa shape index (κ1) is 17.4. The van der Waals surface area contributed by atoms with E-state index >= 15 is 0 Å². The SMILES string of the molecule is Cc1cc(N2CCOCC2)cc(C)c1NC(=O)Cc1cccc(F)c1. The minimum atomic E-state index is -0.326. The predicted octanol–water partition coefficient (Wildman–Crippen LogP) is 3.46. The molecule has 4 nitrogen and oxygen atoms in total. The number of hydrogen-bond donors (Lipinski definition) is 1. The van der Waals surface area contributed by atoms with Crippen LogP contribution in [0.15, 0.2) is 36.4 Å². The maximum Gasteiger partial charge on any atom is 0.228 e. The van der Waals surface area contributed by atoms with Crippen molar-refractivity contribution in [3.05, 3.63) is 58.9 Å². The highest BCUT2D eigenvalue weighted by Crippen LogP contribution is 2.28. The molecule has 1 aliphatic heterocycles. The minimum Gasteiger partial charge on any atom is -0.378 e. The number of nitrogens with zero attached hydrogens (tertiary/aromatic N) is 1. The molecule has 5 heteroatoms. The number of aryl methyl sites for hydroxylation is 2. The summed E-state index contributed by atoms with van der Waals surface area (Å²) in [6, 6.07) is 10.3. The van der Waals surface area contributed by atoms with Gasteiger partial charge in [-0.1, -0.05) is 12.1 Å². The summed E-state index contributed by atoms with van der Waals surface area (Å²) in [6.45, 7) is 7.23. The number of carbonyl (C=O) groups excluding carboxylic acids is 1. The summed E-state index contributed by atoms with van der Waals surface area (Å²) in [7, 11) is 0. The van der Waals surface area contributed by atoms with E-state index in [1.165, 1.54) is 12.1 Å². The van der Waals surface area contributed by atoms with Gasteiger partial charge in [0.05, 0.1) is 19.6 Å². The Morgan fingerprint density at radius 3 is 2.48 bits per heavy atom. The summed E-state index contributed by atoms with van der Waals surface area (Å²) < 4.78 is 18.6. The van der Waals surface area contributed by atoms with Gasteiger partial charge in [-0.05, 0) is 54.8 Å². The van der Waals surface area contributed by atoms with Crippen LogP contribution >= 0.6 is 0 Å². The number of ether oxygens (including phenoxy) is 1. The lowest BCUT2D eigenvalue weighted by Gasteiger charge is -2.30. The van der Waals surface area contributed by atoms with Crippen LogP contribution in [0.2, 0.25) is 0 Å². The zero-order valence-electron chi connectivity index (χ0n) is 14.6. The Balaban J connectivity index is 1.72. The third-order valence-corrected chi connectivity index (χ3v) is 4.41. The molecule has 1 fully saturated rings. The van der Waals surface area contributed by atoms with Crippen LogP contribution in [-0.4, -0.2) is 32.2 Å². The van der Waals surface area contributed by atoms with Gasteiger partial charge in [-0.2, -0.15) is 0 Å². The van der Waals surface area contributed by atoms with Gasteiger partial charge in [0, 0.05) is 24.5 Å². The number of hydrogen-bond acceptors (Lipinski definition) is 3. The van der Waals surface area contributed by atoms with Crippen molar-refractivity contribution < 1.29 is 13.9 Å². The summed E-state index contributed by atoms with van der Waals surface area (Å²) >= 11 is 0. The molecule has 0 spiro atoms. The average molecular weight is 342 g/mol. The lowest BCUT2D eigenvalue weighted by Crippen LogP contribution is -2.36. The first-order chi connectivity index (χ1) is 12.0. The minimum absolute atomic E-state index is 0.143. The Morgan fingerprint density at radius 2 is 1.84 bits per heavy atom. The maximum absolute atomic E-state index is 13.2. The first-order valence-electron chi connectivity index (χ1n) is 8.51. The Kier molecular flexibility index (Phi) is 5.34. The normalized spacial score (nSPS) is 14.4. The van der Waals surface area contributed by atoms with Crippen LogP contribution in [0.1, 0.15) is 16.7 Å². The Labute approximate surface area is 147 Å². The molecule has 1 N–H and O–H groups in total. The molecular formula is C20H23FN2O2. The fourth-order valence-corrected chi connectivity index (χ4v) is 3.16. The molecule has 0 radical (unpaired) electrons. The standard InChI is InChI=1S/C20H23FN2O2/c1-14-10-18(23-6-8-25-9-7-23)11-15(2)20(14)22-19(24)13-16-4-3-5-17(21)12-16/h3-5,10-12H,6-9,13H2,1-2H3,(H,22,24).